The van der Waals surface area contributed by atoms with Crippen LogP contribution in [-0.4, -0.2) is 91.3 Å². The molecule has 0 aromatic carbocycles. The maximum atomic E-state index is 12.5. The van der Waals surface area contributed by atoms with Gasteiger partial charge >= 0.3 is 0 Å². The Morgan fingerprint density at radius 3 is 2.38 bits per heavy atom. The Hall–Kier alpha value is -1.67. The van der Waals surface area contributed by atoms with Crippen molar-refractivity contribution >= 4 is 17.7 Å². The molecule has 2 aliphatic heterocycles. The van der Waals surface area contributed by atoms with Gasteiger partial charge in [0, 0.05) is 52.7 Å². The van der Waals surface area contributed by atoms with Gasteiger partial charge in [0.15, 0.2) is 0 Å². The lowest BCUT2D eigenvalue weighted by Crippen LogP contribution is -2.53. The quantitative estimate of drug-likeness (QED) is 0.633. The average molecular weight is 339 g/mol. The molecule has 2 heterocycles. The third-order valence-corrected chi connectivity index (χ3v) is 4.76. The van der Waals surface area contributed by atoms with Crippen LogP contribution in [0.4, 0.5) is 0 Å². The summed E-state index contributed by atoms with van der Waals surface area (Å²) >= 11 is 0. The highest BCUT2D eigenvalue weighted by atomic mass is 16.2. The number of hydrogen-bond donors (Lipinski definition) is 2. The molecule has 3 N–H and O–H groups in total. The second-order valence-corrected chi connectivity index (χ2v) is 6.54. The van der Waals surface area contributed by atoms with E-state index in [0.717, 1.165) is 19.4 Å². The number of nitrogens with zero attached hydrogens (tertiary/aromatic N) is 3. The molecule has 2 rings (SSSR count). The van der Waals surface area contributed by atoms with Gasteiger partial charge in [-0.25, -0.2) is 0 Å². The van der Waals surface area contributed by atoms with Gasteiger partial charge in [0.1, 0.15) is 0 Å². The van der Waals surface area contributed by atoms with E-state index in [9.17, 15) is 14.4 Å². The van der Waals surface area contributed by atoms with Crippen LogP contribution in [0.1, 0.15) is 19.8 Å². The minimum atomic E-state index is -0.0624. The van der Waals surface area contributed by atoms with Crippen molar-refractivity contribution in [3.05, 3.63) is 0 Å². The van der Waals surface area contributed by atoms with Crippen molar-refractivity contribution in [2.75, 3.05) is 58.9 Å². The molecule has 1 atom stereocenters. The maximum Gasteiger partial charge on any atom is 0.236 e. The molecule has 0 aliphatic carbocycles. The molecule has 136 valence electrons. The lowest BCUT2D eigenvalue weighted by molar-refractivity contribution is -0.139. The Morgan fingerprint density at radius 2 is 1.75 bits per heavy atom. The zero-order chi connectivity index (χ0) is 17.5. The summed E-state index contributed by atoms with van der Waals surface area (Å²) in [5.74, 6) is 0.117. The van der Waals surface area contributed by atoms with E-state index in [2.05, 4.69) is 10.2 Å². The largest absolute Gasteiger partial charge is 0.355 e. The molecule has 1 unspecified atom stereocenters. The number of piperazine rings is 1. The van der Waals surface area contributed by atoms with E-state index >= 15 is 0 Å². The van der Waals surface area contributed by atoms with Gasteiger partial charge in [-0.1, -0.05) is 0 Å². The Labute approximate surface area is 143 Å². The van der Waals surface area contributed by atoms with Gasteiger partial charge < -0.3 is 20.9 Å². The summed E-state index contributed by atoms with van der Waals surface area (Å²) in [7, 11) is 0. The van der Waals surface area contributed by atoms with Crippen LogP contribution in [-0.2, 0) is 14.4 Å². The first-order valence-corrected chi connectivity index (χ1v) is 8.74. The summed E-state index contributed by atoms with van der Waals surface area (Å²) in [6.07, 6.45) is 1.78. The van der Waals surface area contributed by atoms with Crippen molar-refractivity contribution in [2.45, 2.75) is 19.8 Å². The zero-order valence-electron chi connectivity index (χ0n) is 14.5. The second-order valence-electron chi connectivity index (χ2n) is 6.54. The molecule has 0 spiro atoms. The molecule has 24 heavy (non-hydrogen) atoms. The molecule has 8 nitrogen and oxygen atoms in total. The summed E-state index contributed by atoms with van der Waals surface area (Å²) in [5.41, 5.74) is 5.41. The van der Waals surface area contributed by atoms with Crippen molar-refractivity contribution in [3.8, 4) is 0 Å². The van der Waals surface area contributed by atoms with Crippen molar-refractivity contribution in [3.63, 3.8) is 0 Å². The third-order valence-electron chi connectivity index (χ3n) is 4.76. The van der Waals surface area contributed by atoms with Crippen molar-refractivity contribution < 1.29 is 14.4 Å². The van der Waals surface area contributed by atoms with Crippen molar-refractivity contribution in [2.24, 2.45) is 11.7 Å². The van der Waals surface area contributed by atoms with E-state index in [1.54, 1.807) is 11.8 Å². The maximum absolute atomic E-state index is 12.5. The van der Waals surface area contributed by atoms with Crippen molar-refractivity contribution in [1.82, 2.24) is 20.0 Å². The topological polar surface area (TPSA) is 99.0 Å². The summed E-state index contributed by atoms with van der Waals surface area (Å²) in [6, 6.07) is 0. The highest BCUT2D eigenvalue weighted by Gasteiger charge is 2.29. The number of nitrogens with two attached hydrogens (primary N) is 1. The smallest absolute Gasteiger partial charge is 0.236 e. The van der Waals surface area contributed by atoms with Crippen LogP contribution in [0.15, 0.2) is 0 Å². The van der Waals surface area contributed by atoms with E-state index in [4.69, 9.17) is 5.73 Å². The van der Waals surface area contributed by atoms with E-state index in [1.165, 1.54) is 0 Å². The predicted molar refractivity (Wildman–Crippen MR) is 90.1 cm³/mol. The van der Waals surface area contributed by atoms with Crippen LogP contribution in [0.25, 0.3) is 0 Å². The number of rotatable bonds is 5. The van der Waals surface area contributed by atoms with Gasteiger partial charge in [0.25, 0.3) is 0 Å². The minimum Gasteiger partial charge on any atom is -0.355 e. The molecule has 8 heteroatoms. The molecule has 2 fully saturated rings. The normalized spacial score (nSPS) is 22.3. The zero-order valence-corrected chi connectivity index (χ0v) is 14.5. The van der Waals surface area contributed by atoms with Gasteiger partial charge in [-0.3, -0.25) is 19.3 Å². The second kappa shape index (κ2) is 8.98. The van der Waals surface area contributed by atoms with Crippen LogP contribution in [0.2, 0.25) is 0 Å². The average Bonchev–Trinajstić information content (AvgIpc) is 2.60. The standard InChI is InChI=1S/C16H29N5O3/c1-13(22)20-7-9-21(10-8-20)15(23)12-19-6-2-3-14(11-19)16(24)18-5-4-17/h14H,2-12,17H2,1H3,(H,18,24). The Bertz CT molecular complexity index is 463. The molecule has 0 bridgehead atoms. The highest BCUT2D eigenvalue weighted by molar-refractivity contribution is 5.80. The molecule has 0 saturated carbocycles. The molecule has 3 amide bonds. The Morgan fingerprint density at radius 1 is 1.08 bits per heavy atom. The fourth-order valence-electron chi connectivity index (χ4n) is 3.31. The van der Waals surface area contributed by atoms with Gasteiger partial charge in [-0.05, 0) is 19.4 Å². The van der Waals surface area contributed by atoms with Crippen LogP contribution >= 0.6 is 0 Å². The highest BCUT2D eigenvalue weighted by Crippen LogP contribution is 2.17. The Kier molecular flexibility index (Phi) is 6.99. The molecule has 0 aromatic rings. The van der Waals surface area contributed by atoms with Crippen LogP contribution in [0.3, 0.4) is 0 Å². The Balaban J connectivity index is 1.77. The number of carbonyl (C=O) groups excluding carboxylic acids is 3. The number of amides is 3. The van der Waals surface area contributed by atoms with Crippen LogP contribution in [0, 0.1) is 5.92 Å². The van der Waals surface area contributed by atoms with Crippen LogP contribution in [0.5, 0.6) is 0 Å². The first-order valence-electron chi connectivity index (χ1n) is 8.74. The minimum absolute atomic E-state index is 0.0349. The monoisotopic (exact) mass is 339 g/mol. The van der Waals surface area contributed by atoms with Crippen molar-refractivity contribution in [1.29, 1.82) is 0 Å². The van der Waals surface area contributed by atoms with Gasteiger partial charge in [0.05, 0.1) is 12.5 Å². The van der Waals surface area contributed by atoms with E-state index in [1.807, 2.05) is 4.90 Å². The molecular formula is C16H29N5O3. The summed E-state index contributed by atoms with van der Waals surface area (Å²) < 4.78 is 0. The van der Waals surface area contributed by atoms with Gasteiger partial charge in [0.2, 0.25) is 17.7 Å². The van der Waals surface area contributed by atoms with E-state index in [0.29, 0.717) is 52.4 Å². The predicted octanol–water partition coefficient (Wildman–Crippen LogP) is -1.54. The number of piperidine rings is 1. The fourth-order valence-corrected chi connectivity index (χ4v) is 3.31. The fraction of sp³-hybridized carbons (Fsp3) is 0.812. The number of likely N-dealkylation sites (tertiary alicyclic amines) is 1. The summed E-state index contributed by atoms with van der Waals surface area (Å²) in [6.45, 7) is 6.69. The molecule has 2 aliphatic rings. The summed E-state index contributed by atoms with van der Waals surface area (Å²) in [4.78, 5) is 41.5. The van der Waals surface area contributed by atoms with Crippen LogP contribution < -0.4 is 11.1 Å². The first-order chi connectivity index (χ1) is 11.5. The molecular weight excluding hydrogens is 310 g/mol. The van der Waals surface area contributed by atoms with E-state index < -0.39 is 0 Å². The first kappa shape index (κ1) is 18.7. The van der Waals surface area contributed by atoms with Gasteiger partial charge in [-0.15, -0.1) is 0 Å². The lowest BCUT2D eigenvalue weighted by atomic mass is 9.97. The molecule has 0 aromatic heterocycles. The number of nitrogens with one attached hydrogen (secondary N) is 1. The lowest BCUT2D eigenvalue weighted by Gasteiger charge is -2.37. The van der Waals surface area contributed by atoms with Gasteiger partial charge in [-0.2, -0.15) is 0 Å². The SMILES string of the molecule is CC(=O)N1CCN(C(=O)CN2CCCC(C(=O)NCCN)C2)CC1. The number of carbonyl (C=O) groups is 3. The molecule has 2 saturated heterocycles. The number of hydrogen-bond acceptors (Lipinski definition) is 5. The molecule has 0 radical (unpaired) electrons. The third kappa shape index (κ3) is 5.17. The summed E-state index contributed by atoms with van der Waals surface area (Å²) in [5, 5.41) is 2.83. The van der Waals surface area contributed by atoms with E-state index in [-0.39, 0.29) is 23.6 Å².